The minimum Gasteiger partial charge on any atom is -0.490 e. The molecule has 0 bridgehead atoms. The SMILES string of the molecule is CC#CCCOc1c(Br)cc(CO)cc1OCC. The molecule has 1 aromatic carbocycles. The summed E-state index contributed by atoms with van der Waals surface area (Å²) < 4.78 is 12.0. The van der Waals surface area contributed by atoms with Crippen LogP contribution in [0.15, 0.2) is 16.6 Å². The van der Waals surface area contributed by atoms with E-state index in [0.717, 1.165) is 10.0 Å². The van der Waals surface area contributed by atoms with Crippen molar-refractivity contribution < 1.29 is 14.6 Å². The van der Waals surface area contributed by atoms with Gasteiger partial charge in [-0.25, -0.2) is 0 Å². The topological polar surface area (TPSA) is 38.7 Å². The molecule has 0 aliphatic heterocycles. The molecule has 0 radical (unpaired) electrons. The zero-order chi connectivity index (χ0) is 13.4. The highest BCUT2D eigenvalue weighted by atomic mass is 79.9. The number of aliphatic hydroxyl groups is 1. The predicted molar refractivity (Wildman–Crippen MR) is 74.8 cm³/mol. The Bertz CT molecular complexity index is 446. The summed E-state index contributed by atoms with van der Waals surface area (Å²) in [6.07, 6.45) is 0.677. The van der Waals surface area contributed by atoms with Crippen molar-refractivity contribution in [3.8, 4) is 23.3 Å². The molecule has 0 saturated heterocycles. The van der Waals surface area contributed by atoms with Crippen LogP contribution in [-0.4, -0.2) is 18.3 Å². The monoisotopic (exact) mass is 312 g/mol. The summed E-state index contributed by atoms with van der Waals surface area (Å²) in [7, 11) is 0. The summed E-state index contributed by atoms with van der Waals surface area (Å²) in [5.74, 6) is 7.06. The molecule has 0 unspecified atom stereocenters. The zero-order valence-corrected chi connectivity index (χ0v) is 12.2. The zero-order valence-electron chi connectivity index (χ0n) is 10.6. The van der Waals surface area contributed by atoms with Crippen molar-refractivity contribution in [3.63, 3.8) is 0 Å². The smallest absolute Gasteiger partial charge is 0.175 e. The van der Waals surface area contributed by atoms with Gasteiger partial charge < -0.3 is 14.6 Å². The normalized spacial score (nSPS) is 9.56. The lowest BCUT2D eigenvalue weighted by atomic mass is 10.2. The molecule has 0 amide bonds. The fourth-order valence-corrected chi connectivity index (χ4v) is 2.05. The molecule has 0 aliphatic carbocycles. The lowest BCUT2D eigenvalue weighted by Crippen LogP contribution is -2.02. The second-order valence-electron chi connectivity index (χ2n) is 3.52. The Morgan fingerprint density at radius 1 is 1.33 bits per heavy atom. The van der Waals surface area contributed by atoms with Crippen molar-refractivity contribution in [2.24, 2.45) is 0 Å². The molecule has 1 N–H and O–H groups in total. The summed E-state index contributed by atoms with van der Waals surface area (Å²) in [5.41, 5.74) is 0.783. The minimum absolute atomic E-state index is 0.0275. The summed E-state index contributed by atoms with van der Waals surface area (Å²) >= 11 is 3.43. The lowest BCUT2D eigenvalue weighted by molar-refractivity contribution is 0.270. The van der Waals surface area contributed by atoms with E-state index in [2.05, 4.69) is 27.8 Å². The number of hydrogen-bond donors (Lipinski definition) is 1. The molecule has 18 heavy (non-hydrogen) atoms. The van der Waals surface area contributed by atoms with Gasteiger partial charge in [0, 0.05) is 6.42 Å². The highest BCUT2D eigenvalue weighted by Crippen LogP contribution is 2.37. The molecule has 0 aliphatic rings. The van der Waals surface area contributed by atoms with E-state index in [9.17, 15) is 0 Å². The van der Waals surface area contributed by atoms with E-state index in [1.165, 1.54) is 0 Å². The molecular formula is C14H17BrO3. The standard InChI is InChI=1S/C14H17BrO3/c1-3-5-6-7-18-14-12(15)8-11(10-16)9-13(14)17-4-2/h8-9,16H,4,6-7,10H2,1-2H3. The summed E-state index contributed by atoms with van der Waals surface area (Å²) in [5, 5.41) is 9.16. The molecule has 0 spiro atoms. The Morgan fingerprint density at radius 3 is 2.72 bits per heavy atom. The van der Waals surface area contributed by atoms with Crippen LogP contribution in [0.25, 0.3) is 0 Å². The van der Waals surface area contributed by atoms with E-state index >= 15 is 0 Å². The first-order valence-corrected chi connectivity index (χ1v) is 6.60. The number of benzene rings is 1. The first-order chi connectivity index (χ1) is 8.72. The molecule has 3 nitrogen and oxygen atoms in total. The highest BCUT2D eigenvalue weighted by Gasteiger charge is 2.11. The van der Waals surface area contributed by atoms with Gasteiger partial charge in [-0.2, -0.15) is 0 Å². The van der Waals surface area contributed by atoms with Crippen molar-refractivity contribution in [1.29, 1.82) is 0 Å². The second-order valence-corrected chi connectivity index (χ2v) is 4.38. The Morgan fingerprint density at radius 2 is 2.11 bits per heavy atom. The average Bonchev–Trinajstić information content (AvgIpc) is 2.37. The molecule has 0 atom stereocenters. The molecule has 1 rings (SSSR count). The van der Waals surface area contributed by atoms with Crippen LogP contribution < -0.4 is 9.47 Å². The van der Waals surface area contributed by atoms with Crippen molar-refractivity contribution in [1.82, 2.24) is 0 Å². The van der Waals surface area contributed by atoms with Gasteiger partial charge in [-0.3, -0.25) is 0 Å². The Kier molecular flexibility index (Phi) is 6.63. The van der Waals surface area contributed by atoms with E-state index in [1.54, 1.807) is 13.0 Å². The first-order valence-electron chi connectivity index (χ1n) is 5.81. The highest BCUT2D eigenvalue weighted by molar-refractivity contribution is 9.10. The second kappa shape index (κ2) is 8.02. The lowest BCUT2D eigenvalue weighted by Gasteiger charge is -2.14. The van der Waals surface area contributed by atoms with E-state index < -0.39 is 0 Å². The van der Waals surface area contributed by atoms with Gasteiger partial charge in [0.1, 0.15) is 0 Å². The maximum atomic E-state index is 9.16. The van der Waals surface area contributed by atoms with Gasteiger partial charge in [0.2, 0.25) is 0 Å². The van der Waals surface area contributed by atoms with Crippen molar-refractivity contribution in [2.75, 3.05) is 13.2 Å². The van der Waals surface area contributed by atoms with Crippen LogP contribution in [0.1, 0.15) is 25.8 Å². The molecule has 4 heteroatoms. The van der Waals surface area contributed by atoms with E-state index in [1.807, 2.05) is 13.0 Å². The van der Waals surface area contributed by atoms with Crippen LogP contribution >= 0.6 is 15.9 Å². The van der Waals surface area contributed by atoms with Crippen LogP contribution in [0.4, 0.5) is 0 Å². The van der Waals surface area contributed by atoms with Gasteiger partial charge in [-0.15, -0.1) is 11.8 Å². The predicted octanol–water partition coefficient (Wildman–Crippen LogP) is 3.13. The summed E-state index contributed by atoms with van der Waals surface area (Å²) in [6.45, 7) is 4.74. The maximum Gasteiger partial charge on any atom is 0.175 e. The largest absolute Gasteiger partial charge is 0.490 e. The van der Waals surface area contributed by atoms with Crippen LogP contribution in [0, 0.1) is 11.8 Å². The number of halogens is 1. The van der Waals surface area contributed by atoms with E-state index in [-0.39, 0.29) is 6.61 Å². The van der Waals surface area contributed by atoms with Gasteiger partial charge in [-0.1, -0.05) is 0 Å². The Labute approximate surface area is 116 Å². The van der Waals surface area contributed by atoms with Crippen LogP contribution in [0.3, 0.4) is 0 Å². The molecule has 0 heterocycles. The minimum atomic E-state index is -0.0275. The number of rotatable bonds is 6. The van der Waals surface area contributed by atoms with Gasteiger partial charge in [0.25, 0.3) is 0 Å². The van der Waals surface area contributed by atoms with E-state index in [0.29, 0.717) is 31.1 Å². The molecule has 0 saturated carbocycles. The molecule has 1 aromatic rings. The van der Waals surface area contributed by atoms with Crippen LogP contribution in [0.5, 0.6) is 11.5 Å². The van der Waals surface area contributed by atoms with Gasteiger partial charge in [-0.05, 0) is 47.5 Å². The summed E-state index contributed by atoms with van der Waals surface area (Å²) in [6, 6.07) is 3.61. The Hall–Kier alpha value is -1.18. The molecule has 98 valence electrons. The van der Waals surface area contributed by atoms with Crippen molar-refractivity contribution in [3.05, 3.63) is 22.2 Å². The third-order valence-electron chi connectivity index (χ3n) is 2.20. The number of ether oxygens (including phenoxy) is 2. The van der Waals surface area contributed by atoms with Crippen molar-refractivity contribution >= 4 is 15.9 Å². The summed E-state index contributed by atoms with van der Waals surface area (Å²) in [4.78, 5) is 0. The van der Waals surface area contributed by atoms with Gasteiger partial charge in [0.15, 0.2) is 11.5 Å². The third-order valence-corrected chi connectivity index (χ3v) is 2.79. The van der Waals surface area contributed by atoms with Crippen molar-refractivity contribution in [2.45, 2.75) is 26.9 Å². The quantitative estimate of drug-likeness (QED) is 0.648. The molecular weight excluding hydrogens is 296 g/mol. The molecule has 0 fully saturated rings. The first kappa shape index (κ1) is 14.9. The third kappa shape index (κ3) is 4.25. The average molecular weight is 313 g/mol. The van der Waals surface area contributed by atoms with Crippen LogP contribution in [-0.2, 0) is 6.61 Å². The maximum absolute atomic E-state index is 9.16. The Balaban J connectivity index is 2.88. The fourth-order valence-electron chi connectivity index (χ4n) is 1.44. The fraction of sp³-hybridized carbons (Fsp3) is 0.429. The van der Waals surface area contributed by atoms with E-state index in [4.69, 9.17) is 14.6 Å². The van der Waals surface area contributed by atoms with Gasteiger partial charge in [0.05, 0.1) is 24.3 Å². The number of hydrogen-bond acceptors (Lipinski definition) is 3. The van der Waals surface area contributed by atoms with Gasteiger partial charge >= 0.3 is 0 Å². The number of aliphatic hydroxyl groups excluding tert-OH is 1. The molecule has 0 aromatic heterocycles. The van der Waals surface area contributed by atoms with Crippen LogP contribution in [0.2, 0.25) is 0 Å².